The van der Waals surface area contributed by atoms with Gasteiger partial charge in [0.2, 0.25) is 0 Å². The van der Waals surface area contributed by atoms with Crippen LogP contribution in [0.5, 0.6) is 0 Å². The molecule has 0 spiro atoms. The smallest absolute Gasteiger partial charge is 0.121 e. The van der Waals surface area contributed by atoms with E-state index in [9.17, 15) is 0 Å². The third-order valence-corrected chi connectivity index (χ3v) is 6.47. The number of hydrogen-bond acceptors (Lipinski definition) is 2. The van der Waals surface area contributed by atoms with Crippen LogP contribution in [0.3, 0.4) is 0 Å². The summed E-state index contributed by atoms with van der Waals surface area (Å²) in [5.74, 6) is 2.01. The van der Waals surface area contributed by atoms with Gasteiger partial charge in [-0.15, -0.1) is 0 Å². The van der Waals surface area contributed by atoms with Crippen molar-refractivity contribution in [2.45, 2.75) is 59.8 Å². The minimum atomic E-state index is -0.251. The summed E-state index contributed by atoms with van der Waals surface area (Å²) in [5.41, 5.74) is 9.12. The Kier molecular flexibility index (Phi) is 4.10. The highest BCUT2D eigenvalue weighted by Crippen LogP contribution is 2.38. The van der Waals surface area contributed by atoms with Gasteiger partial charge < -0.3 is 9.97 Å². The van der Waals surface area contributed by atoms with Crippen LogP contribution in [0.25, 0.3) is 22.1 Å². The average molecular weight is 361 g/mol. The van der Waals surface area contributed by atoms with E-state index in [0.717, 1.165) is 46.6 Å². The summed E-state index contributed by atoms with van der Waals surface area (Å²) in [6.07, 6.45) is 1.86. The van der Waals surface area contributed by atoms with Crippen molar-refractivity contribution < 1.29 is 0 Å². The fourth-order valence-corrected chi connectivity index (χ4v) is 4.11. The van der Waals surface area contributed by atoms with Gasteiger partial charge in [-0.2, -0.15) is 0 Å². The molecule has 2 N–H and O–H groups in total. The second kappa shape index (κ2) is 6.22. The van der Waals surface area contributed by atoms with Crippen LogP contribution in [-0.2, 0) is 5.41 Å². The Morgan fingerprint density at radius 1 is 0.704 bits per heavy atom. The van der Waals surface area contributed by atoms with Gasteiger partial charge in [0.25, 0.3) is 0 Å². The van der Waals surface area contributed by atoms with E-state index in [1.165, 1.54) is 22.3 Å². The molecular weight excluding hydrogens is 332 g/mol. The summed E-state index contributed by atoms with van der Waals surface area (Å²) in [6.45, 7) is 13.0. The largest absolute Gasteiger partial charge is 0.341 e. The van der Waals surface area contributed by atoms with E-state index in [0.29, 0.717) is 0 Å². The maximum Gasteiger partial charge on any atom is 0.121 e. The van der Waals surface area contributed by atoms with Crippen LogP contribution in [0.2, 0.25) is 0 Å². The van der Waals surface area contributed by atoms with Crippen molar-refractivity contribution in [1.82, 2.24) is 19.9 Å². The summed E-state index contributed by atoms with van der Waals surface area (Å²) in [4.78, 5) is 17.3. The number of imidazole rings is 2. The Labute approximate surface area is 160 Å². The first kappa shape index (κ1) is 17.8. The number of aromatic amines is 2. The first-order chi connectivity index (χ1) is 12.9. The van der Waals surface area contributed by atoms with Crippen LogP contribution in [-0.4, -0.2) is 19.9 Å². The molecule has 0 aliphatic heterocycles. The van der Waals surface area contributed by atoms with E-state index < -0.39 is 0 Å². The van der Waals surface area contributed by atoms with Crippen molar-refractivity contribution >= 4 is 22.1 Å². The monoisotopic (exact) mass is 360 g/mol. The van der Waals surface area contributed by atoms with Crippen molar-refractivity contribution in [3.05, 3.63) is 58.2 Å². The van der Waals surface area contributed by atoms with Gasteiger partial charge >= 0.3 is 0 Å². The predicted molar refractivity (Wildman–Crippen MR) is 112 cm³/mol. The Balaban J connectivity index is 1.96. The quantitative estimate of drug-likeness (QED) is 0.485. The summed E-state index contributed by atoms with van der Waals surface area (Å²) >= 11 is 0. The first-order valence-corrected chi connectivity index (χ1v) is 9.84. The molecule has 27 heavy (non-hydrogen) atoms. The lowest BCUT2D eigenvalue weighted by Gasteiger charge is -2.27. The number of aromatic nitrogens is 4. The Bertz CT molecular complexity index is 1050. The van der Waals surface area contributed by atoms with Crippen molar-refractivity contribution in [2.24, 2.45) is 0 Å². The van der Waals surface area contributed by atoms with E-state index in [1.54, 1.807) is 0 Å². The fraction of sp³-hybridized carbons (Fsp3) is 0.391. The van der Waals surface area contributed by atoms with Crippen molar-refractivity contribution in [3.8, 4) is 0 Å². The van der Waals surface area contributed by atoms with E-state index in [2.05, 4.69) is 75.8 Å². The van der Waals surface area contributed by atoms with Gasteiger partial charge in [-0.05, 0) is 74.9 Å². The standard InChI is InChI=1S/C23H28N4/c1-7-23(8-2,21-24-17-11-9-13(3)15(5)19(17)26-21)22-25-18-12-10-14(4)16(6)20(18)27-22/h9-12H,7-8H2,1-6H3,(H,24,26)(H,25,27). The van der Waals surface area contributed by atoms with E-state index >= 15 is 0 Å². The molecule has 4 aromatic rings. The molecule has 0 aliphatic carbocycles. The molecule has 0 bridgehead atoms. The van der Waals surface area contributed by atoms with Gasteiger partial charge in [-0.1, -0.05) is 26.0 Å². The molecule has 0 unspecified atom stereocenters. The second-order valence-electron chi connectivity index (χ2n) is 7.77. The van der Waals surface area contributed by atoms with Crippen LogP contribution < -0.4 is 0 Å². The van der Waals surface area contributed by atoms with Gasteiger partial charge in [0.05, 0.1) is 27.5 Å². The lowest BCUT2D eigenvalue weighted by molar-refractivity contribution is 0.432. The van der Waals surface area contributed by atoms with Gasteiger partial charge in [0, 0.05) is 0 Å². The van der Waals surface area contributed by atoms with Gasteiger partial charge in [-0.25, -0.2) is 9.97 Å². The molecule has 0 aliphatic rings. The van der Waals surface area contributed by atoms with Crippen LogP contribution in [0.4, 0.5) is 0 Å². The summed E-state index contributed by atoms with van der Waals surface area (Å²) in [6, 6.07) is 8.59. The molecule has 0 fully saturated rings. The number of rotatable bonds is 4. The van der Waals surface area contributed by atoms with Gasteiger partial charge in [0.15, 0.2) is 0 Å². The molecule has 2 aromatic heterocycles. The number of benzene rings is 2. The zero-order chi connectivity index (χ0) is 19.3. The van der Waals surface area contributed by atoms with Crippen LogP contribution in [0.1, 0.15) is 60.6 Å². The Hall–Kier alpha value is -2.62. The van der Waals surface area contributed by atoms with Crippen molar-refractivity contribution in [2.75, 3.05) is 0 Å². The third-order valence-electron chi connectivity index (χ3n) is 6.47. The molecule has 0 amide bonds. The molecule has 2 aromatic carbocycles. The minimum Gasteiger partial charge on any atom is -0.341 e. The zero-order valence-electron chi connectivity index (χ0n) is 17.1. The Morgan fingerprint density at radius 2 is 1.11 bits per heavy atom. The lowest BCUT2D eigenvalue weighted by atomic mass is 9.80. The van der Waals surface area contributed by atoms with E-state index in [4.69, 9.17) is 9.97 Å². The van der Waals surface area contributed by atoms with Crippen LogP contribution in [0, 0.1) is 27.7 Å². The molecule has 140 valence electrons. The number of nitrogens with one attached hydrogen (secondary N) is 2. The summed E-state index contributed by atoms with van der Waals surface area (Å²) in [5, 5.41) is 0. The third kappa shape index (κ3) is 2.50. The fourth-order valence-electron chi connectivity index (χ4n) is 4.11. The maximum atomic E-state index is 5.06. The number of aryl methyl sites for hydroxylation is 4. The van der Waals surface area contributed by atoms with Crippen LogP contribution >= 0.6 is 0 Å². The number of fused-ring (bicyclic) bond motifs is 2. The molecule has 0 saturated heterocycles. The first-order valence-electron chi connectivity index (χ1n) is 9.84. The average Bonchev–Trinajstić information content (AvgIpc) is 3.29. The molecule has 0 atom stereocenters. The molecule has 0 saturated carbocycles. The topological polar surface area (TPSA) is 57.4 Å². The maximum absolute atomic E-state index is 5.06. The summed E-state index contributed by atoms with van der Waals surface area (Å²) in [7, 11) is 0. The molecule has 2 heterocycles. The van der Waals surface area contributed by atoms with E-state index in [1.807, 2.05) is 0 Å². The summed E-state index contributed by atoms with van der Waals surface area (Å²) < 4.78 is 0. The Morgan fingerprint density at radius 3 is 1.48 bits per heavy atom. The molecule has 0 radical (unpaired) electrons. The van der Waals surface area contributed by atoms with Crippen molar-refractivity contribution in [3.63, 3.8) is 0 Å². The molecule has 4 nitrogen and oxygen atoms in total. The molecular formula is C23H28N4. The highest BCUT2D eigenvalue weighted by Gasteiger charge is 2.37. The second-order valence-corrected chi connectivity index (χ2v) is 7.77. The lowest BCUT2D eigenvalue weighted by Crippen LogP contribution is -2.29. The van der Waals surface area contributed by atoms with Gasteiger partial charge in [0.1, 0.15) is 11.6 Å². The van der Waals surface area contributed by atoms with Crippen LogP contribution in [0.15, 0.2) is 24.3 Å². The molecule has 4 heteroatoms. The SMILES string of the molecule is CCC(CC)(c1nc2c(C)c(C)ccc2[nH]1)c1nc2c(C)c(C)ccc2[nH]1. The van der Waals surface area contributed by atoms with Gasteiger partial charge in [-0.3, -0.25) is 0 Å². The van der Waals surface area contributed by atoms with E-state index in [-0.39, 0.29) is 5.41 Å². The van der Waals surface area contributed by atoms with Crippen molar-refractivity contribution in [1.29, 1.82) is 0 Å². The molecule has 4 rings (SSSR count). The number of H-pyrrole nitrogens is 2. The highest BCUT2D eigenvalue weighted by molar-refractivity contribution is 5.81. The predicted octanol–water partition coefficient (Wildman–Crippen LogP) is 5.78. The number of hydrogen-bond donors (Lipinski definition) is 2. The number of nitrogens with zero attached hydrogens (tertiary/aromatic N) is 2. The zero-order valence-corrected chi connectivity index (χ0v) is 17.1. The normalized spacial score (nSPS) is 12.4. The minimum absolute atomic E-state index is 0.251. The highest BCUT2D eigenvalue weighted by atomic mass is 15.0.